The quantitative estimate of drug-likeness (QED) is 0.472. The summed E-state index contributed by atoms with van der Waals surface area (Å²) in [5.41, 5.74) is 0. The summed E-state index contributed by atoms with van der Waals surface area (Å²) < 4.78 is 1.41. The molecule has 0 saturated heterocycles. The van der Waals surface area contributed by atoms with E-state index in [0.717, 1.165) is 5.92 Å². The lowest BCUT2D eigenvalue weighted by atomic mass is 10.1. The highest BCUT2D eigenvalue weighted by molar-refractivity contribution is 14.1. The van der Waals surface area contributed by atoms with Gasteiger partial charge in [0, 0.05) is 4.43 Å². The zero-order chi connectivity index (χ0) is 5.56. The van der Waals surface area contributed by atoms with Crippen molar-refractivity contribution in [3.8, 4) is 0 Å². The number of halogens is 1. The minimum Gasteiger partial charge on any atom is -0.0861 e. The second-order valence-electron chi connectivity index (χ2n) is 3.25. The summed E-state index contributed by atoms with van der Waals surface area (Å²) in [5, 5.41) is 0. The Bertz CT molecular complexity index is 90.6. The molecular weight excluding hydrogens is 211 g/mol. The summed E-state index contributed by atoms with van der Waals surface area (Å²) in [5.74, 6) is 3.49. The predicted molar refractivity (Wildman–Crippen MR) is 43.2 cm³/mol. The van der Waals surface area contributed by atoms with Crippen LogP contribution in [-0.2, 0) is 0 Å². The van der Waals surface area contributed by atoms with E-state index in [1.807, 2.05) is 0 Å². The van der Waals surface area contributed by atoms with E-state index in [4.69, 9.17) is 0 Å². The van der Waals surface area contributed by atoms with Gasteiger partial charge in [-0.25, -0.2) is 0 Å². The van der Waals surface area contributed by atoms with E-state index in [1.54, 1.807) is 19.3 Å². The molecule has 0 aliphatic heterocycles. The van der Waals surface area contributed by atoms with Crippen molar-refractivity contribution in [1.29, 1.82) is 0 Å². The summed E-state index contributed by atoms with van der Waals surface area (Å²) in [6, 6.07) is 0. The second-order valence-corrected chi connectivity index (χ2v) is 4.13. The summed E-state index contributed by atoms with van der Waals surface area (Å²) in [6.07, 6.45) is 4.70. The first-order valence-electron chi connectivity index (χ1n) is 3.46. The van der Waals surface area contributed by atoms with Crippen LogP contribution in [0.5, 0.6) is 0 Å². The van der Waals surface area contributed by atoms with Crippen molar-refractivity contribution < 1.29 is 0 Å². The van der Waals surface area contributed by atoms with E-state index in [0.29, 0.717) is 0 Å². The standard InChI is InChI=1S/C7H11I/c8-4-5-1-6-3-7(6)2-5/h5-7H,1-4H2/t5?,6-,7+. The number of hydrogen-bond donors (Lipinski definition) is 0. The van der Waals surface area contributed by atoms with Crippen LogP contribution in [-0.4, -0.2) is 4.43 Å². The van der Waals surface area contributed by atoms with Gasteiger partial charge in [-0.05, 0) is 37.0 Å². The van der Waals surface area contributed by atoms with Crippen molar-refractivity contribution in [2.75, 3.05) is 4.43 Å². The van der Waals surface area contributed by atoms with Crippen LogP contribution < -0.4 is 0 Å². The normalized spacial score (nSPS) is 51.4. The van der Waals surface area contributed by atoms with E-state index in [9.17, 15) is 0 Å². The molecule has 0 aromatic heterocycles. The van der Waals surface area contributed by atoms with Crippen LogP contribution in [0.1, 0.15) is 19.3 Å². The molecule has 0 N–H and O–H groups in total. The van der Waals surface area contributed by atoms with Crippen LogP contribution in [0.2, 0.25) is 0 Å². The molecule has 8 heavy (non-hydrogen) atoms. The zero-order valence-electron chi connectivity index (χ0n) is 4.94. The summed E-state index contributed by atoms with van der Waals surface area (Å²) >= 11 is 2.52. The zero-order valence-corrected chi connectivity index (χ0v) is 7.10. The summed E-state index contributed by atoms with van der Waals surface area (Å²) in [4.78, 5) is 0. The van der Waals surface area contributed by atoms with Gasteiger partial charge >= 0.3 is 0 Å². The molecule has 1 unspecified atom stereocenters. The van der Waals surface area contributed by atoms with Crippen LogP contribution in [0.25, 0.3) is 0 Å². The first-order valence-corrected chi connectivity index (χ1v) is 4.98. The van der Waals surface area contributed by atoms with Crippen LogP contribution >= 0.6 is 22.6 Å². The molecule has 2 fully saturated rings. The SMILES string of the molecule is ICC1C[C@@H]2C[C@@H]2C1. The largest absolute Gasteiger partial charge is 0.0861 e. The van der Waals surface area contributed by atoms with Crippen LogP contribution in [0.15, 0.2) is 0 Å². The Morgan fingerprint density at radius 1 is 1.12 bits per heavy atom. The molecule has 0 radical (unpaired) electrons. The molecule has 2 saturated carbocycles. The maximum absolute atomic E-state index is 2.52. The molecule has 0 bridgehead atoms. The molecule has 0 spiro atoms. The third-order valence-corrected chi connectivity index (χ3v) is 3.81. The van der Waals surface area contributed by atoms with Gasteiger partial charge in [-0.1, -0.05) is 22.6 Å². The van der Waals surface area contributed by atoms with Gasteiger partial charge in [0.1, 0.15) is 0 Å². The minimum atomic E-state index is 1.11. The highest BCUT2D eigenvalue weighted by Crippen LogP contribution is 2.54. The number of hydrogen-bond acceptors (Lipinski definition) is 0. The Balaban J connectivity index is 1.89. The average molecular weight is 222 g/mol. The first kappa shape index (κ1) is 5.51. The minimum absolute atomic E-state index is 1.11. The van der Waals surface area contributed by atoms with Gasteiger partial charge in [0.2, 0.25) is 0 Å². The van der Waals surface area contributed by atoms with Gasteiger partial charge in [-0.3, -0.25) is 0 Å². The van der Waals surface area contributed by atoms with Crippen molar-refractivity contribution >= 4 is 22.6 Å². The van der Waals surface area contributed by atoms with E-state index in [1.165, 1.54) is 16.3 Å². The fourth-order valence-corrected chi connectivity index (χ4v) is 2.69. The molecule has 2 rings (SSSR count). The molecule has 0 heterocycles. The van der Waals surface area contributed by atoms with Crippen LogP contribution in [0, 0.1) is 17.8 Å². The van der Waals surface area contributed by atoms with E-state index >= 15 is 0 Å². The lowest BCUT2D eigenvalue weighted by molar-refractivity contribution is 0.551. The third kappa shape index (κ3) is 0.789. The van der Waals surface area contributed by atoms with Crippen molar-refractivity contribution in [3.05, 3.63) is 0 Å². The van der Waals surface area contributed by atoms with E-state index < -0.39 is 0 Å². The Morgan fingerprint density at radius 3 is 2.12 bits per heavy atom. The fraction of sp³-hybridized carbons (Fsp3) is 1.00. The van der Waals surface area contributed by atoms with Gasteiger partial charge in [0.05, 0.1) is 0 Å². The molecule has 0 aromatic carbocycles. The number of rotatable bonds is 1. The Labute approximate surface area is 64.2 Å². The predicted octanol–water partition coefficient (Wildman–Crippen LogP) is 2.47. The van der Waals surface area contributed by atoms with Crippen molar-refractivity contribution in [3.63, 3.8) is 0 Å². The van der Waals surface area contributed by atoms with Crippen molar-refractivity contribution in [2.24, 2.45) is 17.8 Å². The van der Waals surface area contributed by atoms with Gasteiger partial charge in [0.25, 0.3) is 0 Å². The molecule has 46 valence electrons. The number of fused-ring (bicyclic) bond motifs is 1. The summed E-state index contributed by atoms with van der Waals surface area (Å²) in [6.45, 7) is 0. The first-order chi connectivity index (χ1) is 3.90. The van der Waals surface area contributed by atoms with Gasteiger partial charge in [0.15, 0.2) is 0 Å². The van der Waals surface area contributed by atoms with Gasteiger partial charge in [-0.2, -0.15) is 0 Å². The lowest BCUT2D eigenvalue weighted by Crippen LogP contribution is -1.96. The second kappa shape index (κ2) is 1.86. The Kier molecular flexibility index (Phi) is 1.28. The van der Waals surface area contributed by atoms with Crippen LogP contribution in [0.4, 0.5) is 0 Å². The fourth-order valence-electron chi connectivity index (χ4n) is 1.97. The topological polar surface area (TPSA) is 0 Å². The maximum Gasteiger partial charge on any atom is 0.00239 e. The Hall–Kier alpha value is 0.730. The molecule has 1 heteroatoms. The van der Waals surface area contributed by atoms with E-state index in [2.05, 4.69) is 22.6 Å². The molecule has 0 aromatic rings. The molecule has 2 aliphatic carbocycles. The lowest BCUT2D eigenvalue weighted by Gasteiger charge is -2.03. The maximum atomic E-state index is 2.52. The van der Waals surface area contributed by atoms with Crippen molar-refractivity contribution in [1.82, 2.24) is 0 Å². The third-order valence-electron chi connectivity index (χ3n) is 2.56. The van der Waals surface area contributed by atoms with Crippen LogP contribution in [0.3, 0.4) is 0 Å². The van der Waals surface area contributed by atoms with Crippen molar-refractivity contribution in [2.45, 2.75) is 19.3 Å². The van der Waals surface area contributed by atoms with Gasteiger partial charge < -0.3 is 0 Å². The molecule has 0 amide bonds. The molecule has 3 atom stereocenters. The highest BCUT2D eigenvalue weighted by atomic mass is 127. The monoisotopic (exact) mass is 222 g/mol. The summed E-state index contributed by atoms with van der Waals surface area (Å²) in [7, 11) is 0. The van der Waals surface area contributed by atoms with E-state index in [-0.39, 0.29) is 0 Å². The number of alkyl halides is 1. The molecule has 2 aliphatic rings. The highest BCUT2D eigenvalue weighted by Gasteiger charge is 2.44. The average Bonchev–Trinajstić information content (AvgIpc) is 2.40. The van der Waals surface area contributed by atoms with Gasteiger partial charge in [-0.15, -0.1) is 0 Å². The molecular formula is C7H11I. The Morgan fingerprint density at radius 2 is 1.75 bits per heavy atom. The smallest absolute Gasteiger partial charge is 0.00239 e. The molecule has 0 nitrogen and oxygen atoms in total.